The molecule has 0 saturated carbocycles. The van der Waals surface area contributed by atoms with E-state index in [1.54, 1.807) is 6.07 Å². The summed E-state index contributed by atoms with van der Waals surface area (Å²) in [7, 11) is -3.70. The van der Waals surface area contributed by atoms with E-state index < -0.39 is 10.0 Å². The van der Waals surface area contributed by atoms with Crippen molar-refractivity contribution >= 4 is 38.3 Å². The van der Waals surface area contributed by atoms with Crippen LogP contribution in [0.2, 0.25) is 5.02 Å². The highest BCUT2D eigenvalue weighted by Gasteiger charge is 2.29. The molecule has 5 nitrogen and oxygen atoms in total. The Morgan fingerprint density at radius 1 is 1.00 bits per heavy atom. The van der Waals surface area contributed by atoms with Crippen LogP contribution in [0.15, 0.2) is 65.6 Å². The Bertz CT molecular complexity index is 1170. The highest BCUT2D eigenvalue weighted by atomic mass is 35.5. The van der Waals surface area contributed by atoms with Gasteiger partial charge >= 0.3 is 0 Å². The fourth-order valence-electron chi connectivity index (χ4n) is 3.63. The van der Waals surface area contributed by atoms with Crippen LogP contribution in [0, 0.1) is 0 Å². The summed E-state index contributed by atoms with van der Waals surface area (Å²) in [5.41, 5.74) is 1.27. The summed E-state index contributed by atoms with van der Waals surface area (Å²) in [5.74, 6) is -0.340. The normalized spacial score (nSPS) is 14.9. The van der Waals surface area contributed by atoms with Gasteiger partial charge in [-0.25, -0.2) is 8.42 Å². The Morgan fingerprint density at radius 3 is 2.52 bits per heavy atom. The number of sulfonamides is 1. The van der Waals surface area contributed by atoms with Crippen molar-refractivity contribution in [3.63, 3.8) is 0 Å². The molecular weight excluding hydrogens is 408 g/mol. The molecule has 3 aromatic rings. The maximum Gasteiger partial charge on any atom is 0.251 e. The summed E-state index contributed by atoms with van der Waals surface area (Å²) < 4.78 is 27.2. The van der Waals surface area contributed by atoms with E-state index in [1.807, 2.05) is 42.5 Å². The zero-order valence-electron chi connectivity index (χ0n) is 15.8. The molecule has 0 spiro atoms. The van der Waals surface area contributed by atoms with E-state index in [9.17, 15) is 13.2 Å². The number of benzene rings is 3. The van der Waals surface area contributed by atoms with Gasteiger partial charge in [-0.15, -0.1) is 0 Å². The monoisotopic (exact) mass is 428 g/mol. The number of carbonyl (C=O) groups excluding carboxylic acids is 1. The molecule has 1 aliphatic heterocycles. The van der Waals surface area contributed by atoms with Crippen LogP contribution in [0.1, 0.15) is 28.8 Å². The van der Waals surface area contributed by atoms with E-state index in [1.165, 1.54) is 16.4 Å². The minimum Gasteiger partial charge on any atom is -0.348 e. The van der Waals surface area contributed by atoms with Crippen molar-refractivity contribution in [1.29, 1.82) is 0 Å². The molecule has 1 saturated heterocycles. The lowest BCUT2D eigenvalue weighted by molar-refractivity contribution is 0.0951. The number of amides is 1. The van der Waals surface area contributed by atoms with Crippen LogP contribution in [0.4, 0.5) is 0 Å². The molecule has 0 radical (unpaired) electrons. The number of carbonyl (C=O) groups is 1. The molecule has 0 aromatic heterocycles. The van der Waals surface area contributed by atoms with Crippen LogP contribution in [0.3, 0.4) is 0 Å². The molecule has 0 aliphatic carbocycles. The lowest BCUT2D eigenvalue weighted by atomic mass is 10.0. The molecule has 29 heavy (non-hydrogen) atoms. The first kappa shape index (κ1) is 19.9. The van der Waals surface area contributed by atoms with Gasteiger partial charge in [0.2, 0.25) is 10.0 Å². The van der Waals surface area contributed by atoms with E-state index in [0.717, 1.165) is 29.2 Å². The van der Waals surface area contributed by atoms with Crippen molar-refractivity contribution in [3.05, 3.63) is 76.8 Å². The van der Waals surface area contributed by atoms with Crippen LogP contribution < -0.4 is 5.32 Å². The van der Waals surface area contributed by atoms with E-state index in [-0.39, 0.29) is 21.4 Å². The SMILES string of the molecule is O=C(NCc1cccc2ccccc12)c1ccc(Cl)c(S(=O)(=O)N2CCCC2)c1. The second kappa shape index (κ2) is 8.14. The number of fused-ring (bicyclic) bond motifs is 1. The number of rotatable bonds is 5. The van der Waals surface area contributed by atoms with Crippen molar-refractivity contribution in [2.75, 3.05) is 13.1 Å². The molecule has 0 atom stereocenters. The predicted molar refractivity (Wildman–Crippen MR) is 115 cm³/mol. The zero-order chi connectivity index (χ0) is 20.4. The molecule has 1 fully saturated rings. The topological polar surface area (TPSA) is 66.5 Å². The Morgan fingerprint density at radius 2 is 1.72 bits per heavy atom. The fraction of sp³-hybridized carbons (Fsp3) is 0.227. The van der Waals surface area contributed by atoms with E-state index >= 15 is 0 Å². The minimum atomic E-state index is -3.70. The van der Waals surface area contributed by atoms with Gasteiger partial charge in [0.15, 0.2) is 0 Å². The molecule has 1 aliphatic rings. The highest BCUT2D eigenvalue weighted by Crippen LogP contribution is 2.28. The summed E-state index contributed by atoms with van der Waals surface area (Å²) in [4.78, 5) is 12.7. The Labute approximate surface area is 175 Å². The fourth-order valence-corrected chi connectivity index (χ4v) is 5.65. The van der Waals surface area contributed by atoms with Gasteiger partial charge in [-0.2, -0.15) is 4.31 Å². The van der Waals surface area contributed by atoms with Crippen molar-refractivity contribution in [1.82, 2.24) is 9.62 Å². The van der Waals surface area contributed by atoms with Gasteiger partial charge in [-0.05, 0) is 47.4 Å². The molecule has 150 valence electrons. The quantitative estimate of drug-likeness (QED) is 0.662. The Kier molecular flexibility index (Phi) is 5.58. The summed E-state index contributed by atoms with van der Waals surface area (Å²) in [6, 6.07) is 18.3. The smallest absolute Gasteiger partial charge is 0.251 e. The molecule has 0 bridgehead atoms. The third-order valence-electron chi connectivity index (χ3n) is 5.20. The Hall–Kier alpha value is -2.41. The first-order valence-electron chi connectivity index (χ1n) is 9.51. The van der Waals surface area contributed by atoms with Gasteiger partial charge < -0.3 is 5.32 Å². The molecule has 1 N–H and O–H groups in total. The molecular formula is C22H21ClN2O3S. The zero-order valence-corrected chi connectivity index (χ0v) is 17.3. The number of nitrogens with one attached hydrogen (secondary N) is 1. The van der Waals surface area contributed by atoms with Gasteiger partial charge in [0.1, 0.15) is 4.90 Å². The van der Waals surface area contributed by atoms with Crippen molar-refractivity contribution < 1.29 is 13.2 Å². The number of hydrogen-bond acceptors (Lipinski definition) is 3. The molecule has 7 heteroatoms. The van der Waals surface area contributed by atoms with Crippen LogP contribution in [0.5, 0.6) is 0 Å². The minimum absolute atomic E-state index is 0.0149. The standard InChI is InChI=1S/C22H21ClN2O3S/c23-20-11-10-17(14-21(20)29(27,28)25-12-3-4-13-25)22(26)24-15-18-8-5-7-16-6-1-2-9-19(16)18/h1-2,5-11,14H,3-4,12-13,15H2,(H,24,26). The molecule has 0 unspecified atom stereocenters. The number of nitrogens with zero attached hydrogens (tertiary/aromatic N) is 1. The predicted octanol–water partition coefficient (Wildman–Crippen LogP) is 4.21. The number of hydrogen-bond donors (Lipinski definition) is 1. The van der Waals surface area contributed by atoms with Crippen molar-refractivity contribution in [2.45, 2.75) is 24.3 Å². The second-order valence-corrected chi connectivity index (χ2v) is 9.39. The van der Waals surface area contributed by atoms with Crippen LogP contribution in [-0.4, -0.2) is 31.7 Å². The van der Waals surface area contributed by atoms with E-state index in [2.05, 4.69) is 5.32 Å². The maximum atomic E-state index is 12.9. The summed E-state index contributed by atoms with van der Waals surface area (Å²) >= 11 is 6.16. The van der Waals surface area contributed by atoms with Gasteiger partial charge in [-0.1, -0.05) is 54.1 Å². The first-order valence-corrected chi connectivity index (χ1v) is 11.3. The molecule has 1 amide bonds. The van der Waals surface area contributed by atoms with Gasteiger partial charge in [0.05, 0.1) is 5.02 Å². The average molecular weight is 429 g/mol. The van der Waals surface area contributed by atoms with E-state index in [0.29, 0.717) is 19.6 Å². The lowest BCUT2D eigenvalue weighted by Crippen LogP contribution is -2.29. The largest absolute Gasteiger partial charge is 0.348 e. The molecule has 4 rings (SSSR count). The molecule has 1 heterocycles. The summed E-state index contributed by atoms with van der Waals surface area (Å²) in [6.45, 7) is 1.31. The third kappa shape index (κ3) is 4.01. The Balaban J connectivity index is 1.56. The average Bonchev–Trinajstić information content (AvgIpc) is 3.28. The van der Waals surface area contributed by atoms with E-state index in [4.69, 9.17) is 11.6 Å². The summed E-state index contributed by atoms with van der Waals surface area (Å²) in [5, 5.41) is 5.19. The van der Waals surface area contributed by atoms with Crippen molar-refractivity contribution in [3.8, 4) is 0 Å². The van der Waals surface area contributed by atoms with Gasteiger partial charge in [0.25, 0.3) is 5.91 Å². The van der Waals surface area contributed by atoms with Crippen LogP contribution in [0.25, 0.3) is 10.8 Å². The summed E-state index contributed by atoms with van der Waals surface area (Å²) in [6.07, 6.45) is 1.67. The van der Waals surface area contributed by atoms with Crippen LogP contribution >= 0.6 is 11.6 Å². The van der Waals surface area contributed by atoms with Gasteiger partial charge in [0, 0.05) is 25.2 Å². The maximum absolute atomic E-state index is 12.9. The number of halogens is 1. The van der Waals surface area contributed by atoms with Gasteiger partial charge in [-0.3, -0.25) is 4.79 Å². The lowest BCUT2D eigenvalue weighted by Gasteiger charge is -2.17. The molecule has 3 aromatic carbocycles. The third-order valence-corrected chi connectivity index (χ3v) is 7.58. The second-order valence-electron chi connectivity index (χ2n) is 7.08. The first-order chi connectivity index (χ1) is 14.0. The van der Waals surface area contributed by atoms with Crippen molar-refractivity contribution in [2.24, 2.45) is 0 Å². The highest BCUT2D eigenvalue weighted by molar-refractivity contribution is 7.89. The van der Waals surface area contributed by atoms with Crippen LogP contribution in [-0.2, 0) is 16.6 Å².